The lowest BCUT2D eigenvalue weighted by Gasteiger charge is -2.26. The standard InChI is InChI=1S/C24H32F3N5/c25-24(26,27)21-17-22(31-23(30-21)28-13-16-32-14-5-2-6-15-32)29-20-11-9-19(10-12-20)18-7-3-1-4-8-18/h9-12,17-18H,1-8,13-16H2,(H2,28,29,30,31). The van der Waals surface area contributed by atoms with Crippen molar-refractivity contribution in [2.75, 3.05) is 36.8 Å². The average molecular weight is 448 g/mol. The van der Waals surface area contributed by atoms with E-state index < -0.39 is 11.9 Å². The first-order valence-corrected chi connectivity index (χ1v) is 11.8. The maximum absolute atomic E-state index is 13.4. The van der Waals surface area contributed by atoms with Crippen LogP contribution in [0.4, 0.5) is 30.6 Å². The summed E-state index contributed by atoms with van der Waals surface area (Å²) < 4.78 is 40.2. The molecule has 174 valence electrons. The van der Waals surface area contributed by atoms with Crippen LogP contribution < -0.4 is 10.6 Å². The zero-order valence-electron chi connectivity index (χ0n) is 18.4. The Hall–Kier alpha value is -2.35. The predicted molar refractivity (Wildman–Crippen MR) is 121 cm³/mol. The number of nitrogens with zero attached hydrogens (tertiary/aromatic N) is 3. The highest BCUT2D eigenvalue weighted by Crippen LogP contribution is 2.34. The lowest BCUT2D eigenvalue weighted by atomic mass is 9.84. The van der Waals surface area contributed by atoms with E-state index in [1.807, 2.05) is 12.1 Å². The smallest absolute Gasteiger partial charge is 0.353 e. The van der Waals surface area contributed by atoms with Crippen molar-refractivity contribution in [3.05, 3.63) is 41.6 Å². The average Bonchev–Trinajstić information content (AvgIpc) is 2.80. The minimum atomic E-state index is -4.53. The molecule has 1 aromatic carbocycles. The molecule has 0 atom stereocenters. The van der Waals surface area contributed by atoms with E-state index in [1.54, 1.807) is 0 Å². The van der Waals surface area contributed by atoms with Crippen LogP contribution in [0.5, 0.6) is 0 Å². The minimum absolute atomic E-state index is 0.00170. The fourth-order valence-corrected chi connectivity index (χ4v) is 4.67. The fraction of sp³-hybridized carbons (Fsp3) is 0.583. The van der Waals surface area contributed by atoms with Crippen molar-refractivity contribution < 1.29 is 13.2 Å². The predicted octanol–water partition coefficient (Wildman–Crippen LogP) is 6.18. The molecule has 0 radical (unpaired) electrons. The molecule has 0 bridgehead atoms. The summed E-state index contributed by atoms with van der Waals surface area (Å²) in [4.78, 5) is 10.3. The molecule has 2 aromatic rings. The van der Waals surface area contributed by atoms with Gasteiger partial charge in [-0.05, 0) is 62.4 Å². The second-order valence-corrected chi connectivity index (χ2v) is 8.87. The van der Waals surface area contributed by atoms with Crippen molar-refractivity contribution >= 4 is 17.5 Å². The van der Waals surface area contributed by atoms with E-state index in [9.17, 15) is 13.2 Å². The van der Waals surface area contributed by atoms with Crippen molar-refractivity contribution in [2.24, 2.45) is 0 Å². The Kier molecular flexibility index (Phi) is 7.50. The second-order valence-electron chi connectivity index (χ2n) is 8.87. The van der Waals surface area contributed by atoms with Gasteiger partial charge < -0.3 is 15.5 Å². The van der Waals surface area contributed by atoms with Gasteiger partial charge in [0.2, 0.25) is 5.95 Å². The van der Waals surface area contributed by atoms with Gasteiger partial charge in [-0.2, -0.15) is 18.2 Å². The molecule has 1 aliphatic heterocycles. The number of halogens is 3. The number of rotatable bonds is 7. The van der Waals surface area contributed by atoms with Gasteiger partial charge in [-0.3, -0.25) is 0 Å². The number of nitrogens with one attached hydrogen (secondary N) is 2. The largest absolute Gasteiger partial charge is 0.433 e. The van der Waals surface area contributed by atoms with Gasteiger partial charge in [0, 0.05) is 24.8 Å². The van der Waals surface area contributed by atoms with Gasteiger partial charge in [-0.25, -0.2) is 4.98 Å². The minimum Gasteiger partial charge on any atom is -0.353 e. The fourth-order valence-electron chi connectivity index (χ4n) is 4.67. The zero-order valence-corrected chi connectivity index (χ0v) is 18.4. The van der Waals surface area contributed by atoms with Crippen molar-refractivity contribution in [1.29, 1.82) is 0 Å². The van der Waals surface area contributed by atoms with Crippen LogP contribution in [-0.2, 0) is 6.18 Å². The number of benzene rings is 1. The zero-order chi connectivity index (χ0) is 22.4. The van der Waals surface area contributed by atoms with E-state index in [-0.39, 0.29) is 11.8 Å². The number of piperidine rings is 1. The Morgan fingerprint density at radius 2 is 1.59 bits per heavy atom. The monoisotopic (exact) mass is 447 g/mol. The number of aromatic nitrogens is 2. The molecular formula is C24H32F3N5. The van der Waals surface area contributed by atoms with Crippen molar-refractivity contribution in [3.63, 3.8) is 0 Å². The number of hydrogen-bond donors (Lipinski definition) is 2. The van der Waals surface area contributed by atoms with Crippen molar-refractivity contribution in [1.82, 2.24) is 14.9 Å². The summed E-state index contributed by atoms with van der Waals surface area (Å²) in [5, 5.41) is 6.00. The van der Waals surface area contributed by atoms with Crippen LogP contribution >= 0.6 is 0 Å². The van der Waals surface area contributed by atoms with E-state index in [4.69, 9.17) is 0 Å². The third-order valence-corrected chi connectivity index (χ3v) is 6.44. The third-order valence-electron chi connectivity index (χ3n) is 6.44. The lowest BCUT2D eigenvalue weighted by Crippen LogP contribution is -2.34. The topological polar surface area (TPSA) is 53.1 Å². The molecule has 2 fully saturated rings. The van der Waals surface area contributed by atoms with E-state index in [2.05, 4.69) is 37.6 Å². The Balaban J connectivity index is 1.42. The SMILES string of the molecule is FC(F)(F)c1cc(Nc2ccc(C3CCCCC3)cc2)nc(NCCN2CCCCC2)n1. The Labute approximate surface area is 187 Å². The molecule has 4 rings (SSSR count). The van der Waals surface area contributed by atoms with E-state index in [0.717, 1.165) is 31.4 Å². The van der Waals surface area contributed by atoms with Crippen LogP contribution in [0.3, 0.4) is 0 Å². The first-order chi connectivity index (χ1) is 15.5. The van der Waals surface area contributed by atoms with Crippen molar-refractivity contribution in [2.45, 2.75) is 63.5 Å². The number of anilines is 3. The first-order valence-electron chi connectivity index (χ1n) is 11.8. The van der Waals surface area contributed by atoms with Crippen LogP contribution in [0, 0.1) is 0 Å². The van der Waals surface area contributed by atoms with E-state index >= 15 is 0 Å². The first kappa shape index (κ1) is 22.8. The van der Waals surface area contributed by atoms with Crippen LogP contribution in [0.2, 0.25) is 0 Å². The summed E-state index contributed by atoms with van der Waals surface area (Å²) in [7, 11) is 0. The molecule has 0 amide bonds. The Morgan fingerprint density at radius 3 is 2.28 bits per heavy atom. The van der Waals surface area contributed by atoms with Gasteiger partial charge in [0.15, 0.2) is 5.69 Å². The molecule has 1 aliphatic carbocycles. The second kappa shape index (κ2) is 10.5. The summed E-state index contributed by atoms with van der Waals surface area (Å²) in [6, 6.07) is 8.94. The third kappa shape index (κ3) is 6.34. The highest BCUT2D eigenvalue weighted by atomic mass is 19.4. The summed E-state index contributed by atoms with van der Waals surface area (Å²) in [6.07, 6.45) is 5.31. The normalized spacial score (nSPS) is 18.5. The molecular weight excluding hydrogens is 415 g/mol. The molecule has 2 N–H and O–H groups in total. The van der Waals surface area contributed by atoms with Gasteiger partial charge in [0.1, 0.15) is 5.82 Å². The summed E-state index contributed by atoms with van der Waals surface area (Å²) >= 11 is 0. The quantitative estimate of drug-likeness (QED) is 0.530. The molecule has 2 aliphatic rings. The van der Waals surface area contributed by atoms with E-state index in [0.29, 0.717) is 12.5 Å². The van der Waals surface area contributed by atoms with Gasteiger partial charge >= 0.3 is 6.18 Å². The lowest BCUT2D eigenvalue weighted by molar-refractivity contribution is -0.141. The highest BCUT2D eigenvalue weighted by molar-refractivity contribution is 5.58. The highest BCUT2D eigenvalue weighted by Gasteiger charge is 2.33. The molecule has 32 heavy (non-hydrogen) atoms. The molecule has 0 unspecified atom stereocenters. The molecule has 5 nitrogen and oxygen atoms in total. The van der Waals surface area contributed by atoms with Crippen molar-refractivity contribution in [3.8, 4) is 0 Å². The summed E-state index contributed by atoms with van der Waals surface area (Å²) in [5.74, 6) is 0.723. The molecule has 2 heterocycles. The maximum atomic E-state index is 13.4. The Morgan fingerprint density at radius 1 is 0.906 bits per heavy atom. The summed E-state index contributed by atoms with van der Waals surface area (Å²) in [6.45, 7) is 3.35. The van der Waals surface area contributed by atoms with Gasteiger partial charge in [0.05, 0.1) is 0 Å². The van der Waals surface area contributed by atoms with E-state index in [1.165, 1.54) is 56.9 Å². The van der Waals surface area contributed by atoms with Crippen LogP contribution in [0.25, 0.3) is 0 Å². The van der Waals surface area contributed by atoms with Crippen LogP contribution in [0.1, 0.15) is 68.5 Å². The molecule has 1 saturated carbocycles. The molecule has 0 spiro atoms. The van der Waals surface area contributed by atoms with Gasteiger partial charge in [-0.15, -0.1) is 0 Å². The maximum Gasteiger partial charge on any atom is 0.433 e. The van der Waals surface area contributed by atoms with Crippen LogP contribution in [0.15, 0.2) is 30.3 Å². The molecule has 8 heteroatoms. The van der Waals surface area contributed by atoms with Crippen LogP contribution in [-0.4, -0.2) is 41.0 Å². The number of hydrogen-bond acceptors (Lipinski definition) is 5. The molecule has 1 aromatic heterocycles. The Bertz CT molecular complexity index is 857. The van der Waals surface area contributed by atoms with Gasteiger partial charge in [0.25, 0.3) is 0 Å². The number of likely N-dealkylation sites (tertiary alicyclic amines) is 1. The molecule has 1 saturated heterocycles. The summed E-state index contributed by atoms with van der Waals surface area (Å²) in [5.41, 5.74) is 1.07. The number of alkyl halides is 3. The van der Waals surface area contributed by atoms with Gasteiger partial charge in [-0.1, -0.05) is 37.8 Å².